The first kappa shape index (κ1) is 21.6. The monoisotopic (exact) mass is 504 g/mol. The molecule has 0 saturated carbocycles. The van der Waals surface area contributed by atoms with Gasteiger partial charge in [-0.25, -0.2) is 9.97 Å². The molecule has 0 aliphatic carbocycles. The van der Waals surface area contributed by atoms with Crippen LogP contribution in [0.15, 0.2) is 67.0 Å². The van der Waals surface area contributed by atoms with Crippen LogP contribution in [0.1, 0.15) is 9.67 Å². The topological polar surface area (TPSA) is 116 Å². The smallest absolute Gasteiger partial charge is 0.265 e. The number of thiazole rings is 1. The molecule has 9 nitrogen and oxygen atoms in total. The summed E-state index contributed by atoms with van der Waals surface area (Å²) < 4.78 is 13.3. The molecule has 5 heterocycles. The summed E-state index contributed by atoms with van der Waals surface area (Å²) in [5.41, 5.74) is 8.73. The first-order valence-electron chi connectivity index (χ1n) is 10.8. The van der Waals surface area contributed by atoms with E-state index in [1.54, 1.807) is 24.4 Å². The van der Waals surface area contributed by atoms with E-state index >= 15 is 0 Å². The molecule has 4 N–H and O–H groups in total. The van der Waals surface area contributed by atoms with Crippen molar-refractivity contribution in [3.63, 3.8) is 0 Å². The van der Waals surface area contributed by atoms with Gasteiger partial charge in [0.25, 0.3) is 5.91 Å². The van der Waals surface area contributed by atoms with Crippen molar-refractivity contribution in [3.8, 4) is 16.5 Å². The number of imidazole rings is 1. The second-order valence-corrected chi connectivity index (χ2v) is 9.95. The quantitative estimate of drug-likeness (QED) is 0.271. The summed E-state index contributed by atoms with van der Waals surface area (Å²) in [5, 5.41) is 7.66. The van der Waals surface area contributed by atoms with E-state index in [4.69, 9.17) is 15.2 Å². The number of benzene rings is 1. The SMILES string of the molecule is Nc1ccccc1NC(=O)c1ccc(Nc2ncc(-c3cnc4cccc(OC5COC5)n34)s2)s1. The van der Waals surface area contributed by atoms with Gasteiger partial charge in [0.1, 0.15) is 11.8 Å². The number of carbonyl (C=O) groups is 1. The number of nitrogens with two attached hydrogens (primary N) is 1. The predicted octanol–water partition coefficient (Wildman–Crippen LogP) is 4.88. The number of thiophene rings is 1. The molecule has 4 aromatic heterocycles. The molecule has 1 aromatic carbocycles. The first-order chi connectivity index (χ1) is 17.1. The third-order valence-electron chi connectivity index (χ3n) is 5.42. The minimum absolute atomic E-state index is 0.0538. The fourth-order valence-corrected chi connectivity index (χ4v) is 5.30. The second-order valence-electron chi connectivity index (χ2n) is 7.84. The van der Waals surface area contributed by atoms with E-state index in [0.717, 1.165) is 27.1 Å². The zero-order valence-electron chi connectivity index (χ0n) is 18.3. The molecular formula is C24H20N6O3S2. The van der Waals surface area contributed by atoms with Crippen molar-refractivity contribution in [3.05, 3.63) is 71.9 Å². The molecule has 0 unspecified atom stereocenters. The van der Waals surface area contributed by atoms with E-state index in [2.05, 4.69) is 20.6 Å². The van der Waals surface area contributed by atoms with Gasteiger partial charge in [-0.15, -0.1) is 11.3 Å². The van der Waals surface area contributed by atoms with Crippen LogP contribution in [0.5, 0.6) is 5.88 Å². The number of pyridine rings is 1. The Morgan fingerprint density at radius 1 is 1.06 bits per heavy atom. The highest BCUT2D eigenvalue weighted by molar-refractivity contribution is 7.20. The number of hydrogen-bond acceptors (Lipinski definition) is 9. The summed E-state index contributed by atoms with van der Waals surface area (Å²) in [6.45, 7) is 1.18. The van der Waals surface area contributed by atoms with Gasteiger partial charge in [-0.1, -0.05) is 29.5 Å². The average molecular weight is 505 g/mol. The lowest BCUT2D eigenvalue weighted by Crippen LogP contribution is -2.39. The summed E-state index contributed by atoms with van der Waals surface area (Å²) in [6, 6.07) is 16.6. The van der Waals surface area contributed by atoms with Crippen molar-refractivity contribution in [2.24, 2.45) is 0 Å². The van der Waals surface area contributed by atoms with Crippen molar-refractivity contribution in [1.82, 2.24) is 14.4 Å². The van der Waals surface area contributed by atoms with Crippen molar-refractivity contribution >= 4 is 55.7 Å². The van der Waals surface area contributed by atoms with E-state index in [-0.39, 0.29) is 12.0 Å². The highest BCUT2D eigenvalue weighted by Gasteiger charge is 2.22. The van der Waals surface area contributed by atoms with Crippen molar-refractivity contribution in [2.75, 3.05) is 29.6 Å². The number of nitrogens with zero attached hydrogens (tertiary/aromatic N) is 3. The van der Waals surface area contributed by atoms with Crippen LogP contribution in [0.25, 0.3) is 16.2 Å². The van der Waals surface area contributed by atoms with E-state index in [1.165, 1.54) is 22.7 Å². The molecular weight excluding hydrogens is 484 g/mol. The molecule has 0 bridgehead atoms. The number of hydrogen-bond donors (Lipinski definition) is 3. The minimum atomic E-state index is -0.212. The number of anilines is 4. The molecule has 5 aromatic rings. The molecule has 176 valence electrons. The molecule has 1 aliphatic rings. The van der Waals surface area contributed by atoms with Crippen molar-refractivity contribution in [1.29, 1.82) is 0 Å². The lowest BCUT2D eigenvalue weighted by Gasteiger charge is -2.27. The van der Waals surface area contributed by atoms with Gasteiger partial charge in [0.05, 0.1) is 51.2 Å². The Labute approximate surface area is 208 Å². The Morgan fingerprint density at radius 2 is 1.94 bits per heavy atom. The molecule has 1 saturated heterocycles. The van der Waals surface area contributed by atoms with Crippen LogP contribution in [0.3, 0.4) is 0 Å². The van der Waals surface area contributed by atoms with E-state index in [1.807, 2.05) is 47.0 Å². The maximum atomic E-state index is 12.6. The van der Waals surface area contributed by atoms with Gasteiger partial charge < -0.3 is 25.8 Å². The van der Waals surface area contributed by atoms with Crippen molar-refractivity contribution in [2.45, 2.75) is 6.10 Å². The Bertz CT molecular complexity index is 1520. The summed E-state index contributed by atoms with van der Waals surface area (Å²) in [4.78, 5) is 23.2. The number of carbonyl (C=O) groups excluding carboxylic acids is 1. The molecule has 6 rings (SSSR count). The zero-order chi connectivity index (χ0) is 23.8. The Kier molecular flexibility index (Phi) is 5.57. The Morgan fingerprint density at radius 3 is 2.77 bits per heavy atom. The zero-order valence-corrected chi connectivity index (χ0v) is 19.9. The fourth-order valence-electron chi connectivity index (χ4n) is 3.60. The number of amides is 1. The lowest BCUT2D eigenvalue weighted by atomic mass is 10.2. The first-order valence-corrected chi connectivity index (χ1v) is 12.5. The molecule has 1 fully saturated rings. The van der Waals surface area contributed by atoms with Gasteiger partial charge in [-0.3, -0.25) is 9.20 Å². The van der Waals surface area contributed by atoms with Gasteiger partial charge in [0.2, 0.25) is 0 Å². The number of nitrogen functional groups attached to an aromatic ring is 1. The number of fused-ring (bicyclic) bond motifs is 1. The highest BCUT2D eigenvalue weighted by atomic mass is 32.1. The molecule has 35 heavy (non-hydrogen) atoms. The van der Waals surface area contributed by atoms with Crippen LogP contribution in [-0.4, -0.2) is 39.6 Å². The minimum Gasteiger partial charge on any atom is -0.470 e. The number of ether oxygens (including phenoxy) is 2. The summed E-state index contributed by atoms with van der Waals surface area (Å²) in [6.07, 6.45) is 3.68. The molecule has 1 aliphatic heterocycles. The van der Waals surface area contributed by atoms with Crippen molar-refractivity contribution < 1.29 is 14.3 Å². The van der Waals surface area contributed by atoms with Crippen LogP contribution >= 0.6 is 22.7 Å². The second kappa shape index (κ2) is 9.02. The van der Waals surface area contributed by atoms with Crippen LogP contribution in [0.4, 0.5) is 21.5 Å². The summed E-state index contributed by atoms with van der Waals surface area (Å²) in [7, 11) is 0. The highest BCUT2D eigenvalue weighted by Crippen LogP contribution is 2.35. The summed E-state index contributed by atoms with van der Waals surface area (Å²) >= 11 is 2.84. The lowest BCUT2D eigenvalue weighted by molar-refractivity contribution is -0.0817. The van der Waals surface area contributed by atoms with E-state index in [0.29, 0.717) is 34.6 Å². The van der Waals surface area contributed by atoms with Crippen LogP contribution < -0.4 is 21.1 Å². The predicted molar refractivity (Wildman–Crippen MR) is 138 cm³/mol. The molecule has 0 atom stereocenters. The number of rotatable bonds is 7. The maximum Gasteiger partial charge on any atom is 0.265 e. The number of aromatic nitrogens is 3. The van der Waals surface area contributed by atoms with Crippen LogP contribution in [0, 0.1) is 0 Å². The van der Waals surface area contributed by atoms with Gasteiger partial charge in [-0.05, 0) is 36.4 Å². The normalized spacial score (nSPS) is 13.5. The molecule has 1 amide bonds. The third-order valence-corrected chi connectivity index (χ3v) is 7.35. The summed E-state index contributed by atoms with van der Waals surface area (Å²) in [5.74, 6) is 0.509. The third kappa shape index (κ3) is 4.32. The molecule has 0 spiro atoms. The number of para-hydroxylation sites is 2. The van der Waals surface area contributed by atoms with E-state index in [9.17, 15) is 4.79 Å². The van der Waals surface area contributed by atoms with Gasteiger partial charge in [-0.2, -0.15) is 0 Å². The van der Waals surface area contributed by atoms with Gasteiger partial charge in [0.15, 0.2) is 11.0 Å². The van der Waals surface area contributed by atoms with Crippen LogP contribution in [0.2, 0.25) is 0 Å². The average Bonchev–Trinajstić information content (AvgIpc) is 3.58. The maximum absolute atomic E-state index is 12.6. The largest absolute Gasteiger partial charge is 0.470 e. The Hall–Kier alpha value is -3.93. The Balaban J connectivity index is 1.19. The van der Waals surface area contributed by atoms with E-state index < -0.39 is 0 Å². The standard InChI is InChI=1S/C24H20N6O3S2/c25-15-4-1-2-5-16(15)28-23(31)18-8-9-21(34-18)29-24-27-11-19(35-24)17-10-26-20-6-3-7-22(30(17)20)33-14-12-32-13-14/h1-11,14H,12-13,25H2,(H,27,29)(H,28,31). The number of nitrogens with one attached hydrogen (secondary N) is 2. The van der Waals surface area contributed by atoms with Gasteiger partial charge in [0, 0.05) is 6.20 Å². The fraction of sp³-hybridized carbons (Fsp3) is 0.125. The molecule has 0 radical (unpaired) electrons. The van der Waals surface area contributed by atoms with Gasteiger partial charge >= 0.3 is 0 Å². The molecule has 11 heteroatoms. The van der Waals surface area contributed by atoms with Crippen LogP contribution in [-0.2, 0) is 4.74 Å².